The molecule has 0 aliphatic carbocycles. The molecule has 0 radical (unpaired) electrons. The summed E-state index contributed by atoms with van der Waals surface area (Å²) in [5.41, 5.74) is -1.73. The third-order valence-corrected chi connectivity index (χ3v) is 3.38. The first-order chi connectivity index (χ1) is 12.7. The number of nitro groups is 2. The van der Waals surface area contributed by atoms with E-state index in [-0.39, 0.29) is 23.7 Å². The maximum absolute atomic E-state index is 14.0. The van der Waals surface area contributed by atoms with E-state index in [9.17, 15) is 33.4 Å². The van der Waals surface area contributed by atoms with E-state index in [2.05, 4.69) is 10.1 Å². The first kappa shape index (κ1) is 19.8. The number of hydrogen-bond donors (Lipinski definition) is 1. The molecular weight excluding hydrogens is 375 g/mol. The quantitative estimate of drug-likeness (QED) is 0.540. The lowest BCUT2D eigenvalue weighted by molar-refractivity contribution is -0.422. The predicted molar refractivity (Wildman–Crippen MR) is 86.7 cm³/mol. The van der Waals surface area contributed by atoms with E-state index in [4.69, 9.17) is 4.74 Å². The van der Waals surface area contributed by atoms with E-state index < -0.39 is 33.7 Å². The minimum atomic E-state index is -3.04. The molecule has 144 valence electrons. The number of nitro benzene ring substituents is 2. The second kappa shape index (κ2) is 8.21. The Hall–Kier alpha value is -3.57. The fourth-order valence-corrected chi connectivity index (χ4v) is 2.19. The molecule has 0 aliphatic heterocycles. The Balaban J connectivity index is 2.25. The Bertz CT molecular complexity index is 878. The van der Waals surface area contributed by atoms with Gasteiger partial charge in [0.25, 0.3) is 0 Å². The van der Waals surface area contributed by atoms with Crippen molar-refractivity contribution in [3.8, 4) is 11.5 Å². The molecule has 0 heterocycles. The second-order valence-corrected chi connectivity index (χ2v) is 5.05. The van der Waals surface area contributed by atoms with Crippen LogP contribution in [0.1, 0.15) is 5.56 Å². The van der Waals surface area contributed by atoms with Gasteiger partial charge < -0.3 is 14.8 Å². The lowest BCUT2D eigenvalue weighted by Crippen LogP contribution is -2.06. The van der Waals surface area contributed by atoms with Gasteiger partial charge >= 0.3 is 18.0 Å². The van der Waals surface area contributed by atoms with E-state index in [0.29, 0.717) is 17.7 Å². The van der Waals surface area contributed by atoms with Crippen LogP contribution < -0.4 is 14.8 Å². The molecule has 0 spiro atoms. The van der Waals surface area contributed by atoms with Crippen LogP contribution >= 0.6 is 0 Å². The van der Waals surface area contributed by atoms with E-state index in [1.807, 2.05) is 0 Å². The van der Waals surface area contributed by atoms with Gasteiger partial charge in [0.2, 0.25) is 0 Å². The van der Waals surface area contributed by atoms with Gasteiger partial charge in [0.1, 0.15) is 0 Å². The Labute approximate surface area is 149 Å². The molecule has 0 aromatic heterocycles. The highest BCUT2D eigenvalue weighted by Gasteiger charge is 2.27. The molecule has 2 aromatic carbocycles. The average Bonchev–Trinajstić information content (AvgIpc) is 2.60. The molecule has 0 unspecified atom stereocenters. The van der Waals surface area contributed by atoms with Crippen LogP contribution in [-0.4, -0.2) is 23.6 Å². The van der Waals surface area contributed by atoms with Crippen molar-refractivity contribution < 1.29 is 32.5 Å². The van der Waals surface area contributed by atoms with E-state index in [1.165, 1.54) is 25.3 Å². The summed E-state index contributed by atoms with van der Waals surface area (Å²) in [6.45, 7) is -3.12. The number of benzene rings is 2. The van der Waals surface area contributed by atoms with E-state index in [1.54, 1.807) is 0 Å². The molecule has 0 saturated carbocycles. The van der Waals surface area contributed by atoms with Gasteiger partial charge in [-0.3, -0.25) is 20.2 Å². The van der Waals surface area contributed by atoms with Crippen molar-refractivity contribution in [3.05, 3.63) is 61.9 Å². The summed E-state index contributed by atoms with van der Waals surface area (Å²) in [4.78, 5) is 19.7. The SMILES string of the molecule is COc1cc(CNc2cc([N+](=O)[O-])c([N+](=O)[O-])cc2F)ccc1OC(F)F. The van der Waals surface area contributed by atoms with Crippen molar-refractivity contribution in [2.75, 3.05) is 12.4 Å². The predicted octanol–water partition coefficient (Wildman–Crippen LogP) is 3.86. The molecule has 9 nitrogen and oxygen atoms in total. The van der Waals surface area contributed by atoms with Gasteiger partial charge in [0.15, 0.2) is 17.3 Å². The standard InChI is InChI=1S/C15H12F3N3O6/c1-26-14-4-8(2-3-13(14)27-15(17)18)7-19-10-6-12(21(24)25)11(20(22)23)5-9(10)16/h2-6,15,19H,7H2,1H3. The zero-order valence-corrected chi connectivity index (χ0v) is 13.6. The van der Waals surface area contributed by atoms with Crippen LogP contribution in [-0.2, 0) is 6.54 Å². The van der Waals surface area contributed by atoms with E-state index in [0.717, 1.165) is 0 Å². The molecule has 0 aliphatic rings. The highest BCUT2D eigenvalue weighted by molar-refractivity contribution is 5.63. The summed E-state index contributed by atoms with van der Waals surface area (Å²) in [5.74, 6) is -1.25. The highest BCUT2D eigenvalue weighted by atomic mass is 19.3. The van der Waals surface area contributed by atoms with Crippen LogP contribution in [0.25, 0.3) is 0 Å². The topological polar surface area (TPSA) is 117 Å². The number of hydrogen-bond acceptors (Lipinski definition) is 7. The van der Waals surface area contributed by atoms with Crippen LogP contribution in [0.2, 0.25) is 0 Å². The van der Waals surface area contributed by atoms with Gasteiger partial charge in [-0.05, 0) is 17.7 Å². The van der Waals surface area contributed by atoms with Crippen LogP contribution in [0.3, 0.4) is 0 Å². The lowest BCUT2D eigenvalue weighted by Gasteiger charge is -2.12. The van der Waals surface area contributed by atoms with Gasteiger partial charge in [-0.1, -0.05) is 6.07 Å². The molecule has 2 aromatic rings. The summed E-state index contributed by atoms with van der Waals surface area (Å²) in [6, 6.07) is 5.11. The van der Waals surface area contributed by atoms with Crippen LogP contribution in [0.4, 0.5) is 30.2 Å². The van der Waals surface area contributed by atoms with Crippen LogP contribution in [0.5, 0.6) is 11.5 Å². The maximum Gasteiger partial charge on any atom is 0.387 e. The third-order valence-electron chi connectivity index (χ3n) is 3.38. The van der Waals surface area contributed by atoms with Gasteiger partial charge in [-0.15, -0.1) is 0 Å². The minimum absolute atomic E-state index is 0.00440. The summed E-state index contributed by atoms with van der Waals surface area (Å²) < 4.78 is 47.8. The molecule has 1 N–H and O–H groups in total. The molecule has 0 fully saturated rings. The normalized spacial score (nSPS) is 10.6. The molecule has 0 saturated heterocycles. The maximum atomic E-state index is 14.0. The van der Waals surface area contributed by atoms with Crippen molar-refractivity contribution in [3.63, 3.8) is 0 Å². The number of methoxy groups -OCH3 is 1. The number of rotatable bonds is 8. The monoisotopic (exact) mass is 387 g/mol. The fourth-order valence-electron chi connectivity index (χ4n) is 2.19. The molecule has 0 atom stereocenters. The number of ether oxygens (including phenoxy) is 2. The highest BCUT2D eigenvalue weighted by Crippen LogP contribution is 2.33. The lowest BCUT2D eigenvalue weighted by atomic mass is 10.2. The number of nitrogens with one attached hydrogen (secondary N) is 1. The molecule has 0 bridgehead atoms. The first-order valence-electron chi connectivity index (χ1n) is 7.20. The third kappa shape index (κ3) is 4.74. The molecular formula is C15H12F3N3O6. The van der Waals surface area contributed by atoms with Gasteiger partial charge in [0.05, 0.1) is 28.7 Å². The van der Waals surface area contributed by atoms with Crippen LogP contribution in [0, 0.1) is 26.0 Å². The van der Waals surface area contributed by atoms with Crippen molar-refractivity contribution in [2.24, 2.45) is 0 Å². The largest absolute Gasteiger partial charge is 0.493 e. The number of alkyl halides is 2. The van der Waals surface area contributed by atoms with Crippen molar-refractivity contribution >= 4 is 17.1 Å². The molecule has 2 rings (SSSR count). The van der Waals surface area contributed by atoms with Gasteiger partial charge in [-0.25, -0.2) is 4.39 Å². The summed E-state index contributed by atoms with van der Waals surface area (Å²) >= 11 is 0. The van der Waals surface area contributed by atoms with E-state index >= 15 is 0 Å². The number of halogens is 3. The van der Waals surface area contributed by atoms with Gasteiger partial charge in [-0.2, -0.15) is 8.78 Å². The first-order valence-corrected chi connectivity index (χ1v) is 7.20. The Kier molecular flexibility index (Phi) is 6.00. The second-order valence-electron chi connectivity index (χ2n) is 5.05. The van der Waals surface area contributed by atoms with Crippen molar-refractivity contribution in [1.29, 1.82) is 0 Å². The number of nitrogens with zero attached hydrogens (tertiary/aromatic N) is 2. The van der Waals surface area contributed by atoms with Gasteiger partial charge in [0, 0.05) is 12.6 Å². The van der Waals surface area contributed by atoms with Crippen molar-refractivity contribution in [2.45, 2.75) is 13.2 Å². The summed E-state index contributed by atoms with van der Waals surface area (Å²) in [6.07, 6.45) is 0. The zero-order chi connectivity index (χ0) is 20.1. The molecule has 12 heteroatoms. The Morgan fingerprint density at radius 1 is 1.07 bits per heavy atom. The summed E-state index contributed by atoms with van der Waals surface area (Å²) in [5, 5.41) is 24.3. The Morgan fingerprint density at radius 2 is 1.70 bits per heavy atom. The van der Waals surface area contributed by atoms with Crippen molar-refractivity contribution in [1.82, 2.24) is 0 Å². The Morgan fingerprint density at radius 3 is 2.26 bits per heavy atom. The molecule has 27 heavy (non-hydrogen) atoms. The molecule has 0 amide bonds. The minimum Gasteiger partial charge on any atom is -0.493 e. The van der Waals surface area contributed by atoms with Crippen LogP contribution in [0.15, 0.2) is 30.3 Å². The average molecular weight is 387 g/mol. The number of anilines is 1. The smallest absolute Gasteiger partial charge is 0.387 e. The zero-order valence-electron chi connectivity index (χ0n) is 13.6. The summed E-state index contributed by atoms with van der Waals surface area (Å²) in [7, 11) is 1.24. The fraction of sp³-hybridized carbons (Fsp3) is 0.200.